The Morgan fingerprint density at radius 2 is 2.21 bits per heavy atom. The lowest BCUT2D eigenvalue weighted by molar-refractivity contribution is -0.170. The first-order valence-corrected chi connectivity index (χ1v) is 6.79. The molecule has 6 nitrogen and oxygen atoms in total. The third kappa shape index (κ3) is 3.25. The van der Waals surface area contributed by atoms with Crippen LogP contribution in [0.5, 0.6) is 0 Å². The van der Waals surface area contributed by atoms with Crippen molar-refractivity contribution < 1.29 is 19.4 Å². The highest BCUT2D eigenvalue weighted by Gasteiger charge is 2.41. The maximum Gasteiger partial charge on any atom is 0.229 e. The molecule has 2 aliphatic heterocycles. The van der Waals surface area contributed by atoms with E-state index in [1.807, 2.05) is 20.9 Å². The van der Waals surface area contributed by atoms with Crippen molar-refractivity contribution in [2.24, 2.45) is 5.92 Å². The second-order valence-corrected chi connectivity index (χ2v) is 5.94. The van der Waals surface area contributed by atoms with Gasteiger partial charge in [-0.15, -0.1) is 0 Å². The van der Waals surface area contributed by atoms with E-state index in [-0.39, 0.29) is 30.6 Å². The molecule has 2 rings (SSSR count). The van der Waals surface area contributed by atoms with Gasteiger partial charge in [-0.1, -0.05) is 0 Å². The summed E-state index contributed by atoms with van der Waals surface area (Å²) in [6.45, 7) is 5.85. The Hall–Kier alpha value is -0.690. The van der Waals surface area contributed by atoms with Gasteiger partial charge in [0.1, 0.15) is 0 Å². The number of carbonyl (C=O) groups excluding carboxylic acids is 1. The van der Waals surface area contributed by atoms with Crippen molar-refractivity contribution >= 4 is 5.91 Å². The van der Waals surface area contributed by atoms with E-state index in [0.717, 1.165) is 0 Å². The third-order valence-corrected chi connectivity index (χ3v) is 3.77. The van der Waals surface area contributed by atoms with E-state index in [0.29, 0.717) is 26.3 Å². The molecule has 110 valence electrons. The molecule has 0 saturated carbocycles. The van der Waals surface area contributed by atoms with Gasteiger partial charge in [0, 0.05) is 19.1 Å². The highest BCUT2D eigenvalue weighted by molar-refractivity contribution is 5.80. The molecule has 1 amide bonds. The molecule has 2 N–H and O–H groups in total. The molecule has 0 bridgehead atoms. The van der Waals surface area contributed by atoms with Crippen LogP contribution in [0.15, 0.2) is 0 Å². The normalized spacial score (nSPS) is 34.5. The number of morpholine rings is 1. The zero-order valence-corrected chi connectivity index (χ0v) is 11.9. The van der Waals surface area contributed by atoms with Crippen LogP contribution in [-0.4, -0.2) is 73.6 Å². The van der Waals surface area contributed by atoms with Crippen molar-refractivity contribution in [1.82, 2.24) is 10.2 Å². The van der Waals surface area contributed by atoms with Gasteiger partial charge < -0.3 is 24.8 Å². The fourth-order valence-electron chi connectivity index (χ4n) is 2.88. The number of amides is 1. The molecular formula is C13H24N2O4. The number of aliphatic hydroxyl groups is 1. The molecule has 3 atom stereocenters. The van der Waals surface area contributed by atoms with Crippen LogP contribution in [0.2, 0.25) is 0 Å². The molecular weight excluding hydrogens is 248 g/mol. The summed E-state index contributed by atoms with van der Waals surface area (Å²) in [6, 6.07) is 0.0750. The standard InChI is InChI=1S/C13H24N2O4/c1-13(2)8-15(4-9(5-16)19-13)12(17)10-6-18-7-11(10)14-3/h9-11,14,16H,4-8H2,1-3H3. The first kappa shape index (κ1) is 14.7. The van der Waals surface area contributed by atoms with Gasteiger partial charge in [0.05, 0.1) is 37.4 Å². The first-order chi connectivity index (χ1) is 8.96. The quantitative estimate of drug-likeness (QED) is 0.705. The first-order valence-electron chi connectivity index (χ1n) is 6.79. The number of carbonyl (C=O) groups is 1. The van der Waals surface area contributed by atoms with Crippen LogP contribution < -0.4 is 5.32 Å². The minimum atomic E-state index is -0.421. The van der Waals surface area contributed by atoms with Gasteiger partial charge in [-0.3, -0.25) is 4.79 Å². The molecule has 2 heterocycles. The molecule has 3 unspecified atom stereocenters. The average Bonchev–Trinajstić information content (AvgIpc) is 2.84. The third-order valence-electron chi connectivity index (χ3n) is 3.77. The van der Waals surface area contributed by atoms with Gasteiger partial charge in [0.15, 0.2) is 0 Å². The Labute approximate surface area is 114 Å². The topological polar surface area (TPSA) is 71.0 Å². The number of hydrogen-bond acceptors (Lipinski definition) is 5. The summed E-state index contributed by atoms with van der Waals surface area (Å²) >= 11 is 0. The van der Waals surface area contributed by atoms with Gasteiger partial charge in [-0.2, -0.15) is 0 Å². The van der Waals surface area contributed by atoms with Crippen LogP contribution in [0.25, 0.3) is 0 Å². The molecule has 0 spiro atoms. The summed E-state index contributed by atoms with van der Waals surface area (Å²) in [7, 11) is 1.85. The van der Waals surface area contributed by atoms with E-state index < -0.39 is 5.60 Å². The van der Waals surface area contributed by atoms with Crippen LogP contribution in [0, 0.1) is 5.92 Å². The number of nitrogens with one attached hydrogen (secondary N) is 1. The van der Waals surface area contributed by atoms with E-state index in [1.165, 1.54) is 0 Å². The van der Waals surface area contributed by atoms with E-state index >= 15 is 0 Å². The predicted octanol–water partition coefficient (Wildman–Crippen LogP) is -0.781. The summed E-state index contributed by atoms with van der Waals surface area (Å²) < 4.78 is 11.1. The highest BCUT2D eigenvalue weighted by Crippen LogP contribution is 2.24. The monoisotopic (exact) mass is 272 g/mol. The van der Waals surface area contributed by atoms with Gasteiger partial charge in [0.2, 0.25) is 5.91 Å². The maximum absolute atomic E-state index is 12.6. The van der Waals surface area contributed by atoms with Crippen LogP contribution in [0.4, 0.5) is 0 Å². The second kappa shape index (κ2) is 5.75. The minimum absolute atomic E-state index is 0.0656. The number of nitrogens with zero attached hydrogens (tertiary/aromatic N) is 1. The fourth-order valence-corrected chi connectivity index (χ4v) is 2.88. The Kier molecular flexibility index (Phi) is 4.45. The zero-order chi connectivity index (χ0) is 14.0. The van der Waals surface area contributed by atoms with Gasteiger partial charge >= 0.3 is 0 Å². The predicted molar refractivity (Wildman–Crippen MR) is 69.8 cm³/mol. The van der Waals surface area contributed by atoms with E-state index in [9.17, 15) is 9.90 Å². The summed E-state index contributed by atoms with van der Waals surface area (Å²) in [5, 5.41) is 12.4. The van der Waals surface area contributed by atoms with Crippen LogP contribution >= 0.6 is 0 Å². The smallest absolute Gasteiger partial charge is 0.229 e. The fraction of sp³-hybridized carbons (Fsp3) is 0.923. The Morgan fingerprint density at radius 1 is 1.47 bits per heavy atom. The van der Waals surface area contributed by atoms with Crippen molar-refractivity contribution in [1.29, 1.82) is 0 Å². The summed E-state index contributed by atoms with van der Waals surface area (Å²) in [4.78, 5) is 14.4. The zero-order valence-electron chi connectivity index (χ0n) is 11.9. The number of aliphatic hydroxyl groups excluding tert-OH is 1. The molecule has 2 aliphatic rings. The highest BCUT2D eigenvalue weighted by atomic mass is 16.5. The van der Waals surface area contributed by atoms with E-state index in [1.54, 1.807) is 4.90 Å². The van der Waals surface area contributed by atoms with Crippen molar-refractivity contribution in [3.8, 4) is 0 Å². The van der Waals surface area contributed by atoms with Crippen molar-refractivity contribution in [3.63, 3.8) is 0 Å². The lowest BCUT2D eigenvalue weighted by Gasteiger charge is -2.43. The van der Waals surface area contributed by atoms with Crippen molar-refractivity contribution in [2.75, 3.05) is 40.0 Å². The molecule has 0 aromatic rings. The van der Waals surface area contributed by atoms with Gasteiger partial charge in [0.25, 0.3) is 0 Å². The van der Waals surface area contributed by atoms with Crippen LogP contribution in [-0.2, 0) is 14.3 Å². The molecule has 6 heteroatoms. The van der Waals surface area contributed by atoms with E-state index in [4.69, 9.17) is 9.47 Å². The Bertz CT molecular complexity index is 335. The van der Waals surface area contributed by atoms with Crippen molar-refractivity contribution in [2.45, 2.75) is 31.6 Å². The number of likely N-dealkylation sites (N-methyl/N-ethyl adjacent to an activating group) is 1. The molecule has 0 aromatic carbocycles. The maximum atomic E-state index is 12.6. The molecule has 0 radical (unpaired) electrons. The molecule has 0 aromatic heterocycles. The van der Waals surface area contributed by atoms with Crippen LogP contribution in [0.1, 0.15) is 13.8 Å². The lowest BCUT2D eigenvalue weighted by Crippen LogP contribution is -2.58. The van der Waals surface area contributed by atoms with Gasteiger partial charge in [-0.25, -0.2) is 0 Å². The minimum Gasteiger partial charge on any atom is -0.394 e. The average molecular weight is 272 g/mol. The Balaban J connectivity index is 2.05. The number of ether oxygens (including phenoxy) is 2. The van der Waals surface area contributed by atoms with Crippen LogP contribution in [0.3, 0.4) is 0 Å². The largest absolute Gasteiger partial charge is 0.394 e. The SMILES string of the molecule is CNC1COCC1C(=O)N1CC(CO)OC(C)(C)C1. The lowest BCUT2D eigenvalue weighted by atomic mass is 9.99. The summed E-state index contributed by atoms with van der Waals surface area (Å²) in [5.74, 6) is -0.0510. The van der Waals surface area contributed by atoms with E-state index in [2.05, 4.69) is 5.32 Å². The molecule has 0 aliphatic carbocycles. The summed E-state index contributed by atoms with van der Waals surface area (Å²) in [5.41, 5.74) is -0.421. The second-order valence-electron chi connectivity index (χ2n) is 5.94. The van der Waals surface area contributed by atoms with Gasteiger partial charge in [-0.05, 0) is 20.9 Å². The Morgan fingerprint density at radius 3 is 2.84 bits per heavy atom. The number of hydrogen-bond donors (Lipinski definition) is 2. The van der Waals surface area contributed by atoms with Crippen molar-refractivity contribution in [3.05, 3.63) is 0 Å². The molecule has 2 fully saturated rings. The summed E-state index contributed by atoms with van der Waals surface area (Å²) in [6.07, 6.45) is -0.303. The molecule has 2 saturated heterocycles. The number of rotatable bonds is 3. The molecule has 19 heavy (non-hydrogen) atoms.